The standard InChI is InChI=1S/C9H19NO/c1-8(5-6-10)7-11-9(2,3)4/h1,5-7,10H2,2-4H3. The number of hydrogen-bond acceptors (Lipinski definition) is 2. The van der Waals surface area contributed by atoms with Crippen molar-refractivity contribution in [1.82, 2.24) is 0 Å². The van der Waals surface area contributed by atoms with Gasteiger partial charge in [-0.15, -0.1) is 0 Å². The Labute approximate surface area is 69.4 Å². The molecule has 0 aromatic heterocycles. The quantitative estimate of drug-likeness (QED) is 0.630. The van der Waals surface area contributed by atoms with Crippen molar-refractivity contribution in [1.29, 1.82) is 0 Å². The highest BCUT2D eigenvalue weighted by Gasteiger charge is 2.09. The number of rotatable bonds is 4. The first-order chi connectivity index (χ1) is 4.95. The van der Waals surface area contributed by atoms with Crippen LogP contribution in [-0.2, 0) is 4.74 Å². The van der Waals surface area contributed by atoms with Crippen LogP contribution in [0.3, 0.4) is 0 Å². The van der Waals surface area contributed by atoms with E-state index >= 15 is 0 Å². The molecule has 66 valence electrons. The molecule has 0 atom stereocenters. The van der Waals surface area contributed by atoms with Gasteiger partial charge < -0.3 is 10.5 Å². The van der Waals surface area contributed by atoms with Crippen LogP contribution in [0.1, 0.15) is 27.2 Å². The number of ether oxygens (including phenoxy) is 1. The van der Waals surface area contributed by atoms with Crippen LogP contribution in [0, 0.1) is 0 Å². The molecule has 11 heavy (non-hydrogen) atoms. The predicted molar refractivity (Wildman–Crippen MR) is 48.5 cm³/mol. The molecule has 0 fully saturated rings. The molecule has 0 aromatic rings. The lowest BCUT2D eigenvalue weighted by Crippen LogP contribution is -2.20. The molecule has 0 heterocycles. The molecule has 0 unspecified atom stereocenters. The fourth-order valence-electron chi connectivity index (χ4n) is 0.595. The molecule has 0 aliphatic heterocycles. The first-order valence-electron chi connectivity index (χ1n) is 3.96. The molecule has 0 radical (unpaired) electrons. The Morgan fingerprint density at radius 2 is 2.00 bits per heavy atom. The second-order valence-corrected chi connectivity index (χ2v) is 3.69. The van der Waals surface area contributed by atoms with Crippen LogP contribution in [0.2, 0.25) is 0 Å². The molecule has 0 aliphatic carbocycles. The highest BCUT2D eigenvalue weighted by Crippen LogP contribution is 2.09. The molecule has 0 saturated heterocycles. The summed E-state index contributed by atoms with van der Waals surface area (Å²) in [5.74, 6) is 0. The summed E-state index contributed by atoms with van der Waals surface area (Å²) in [6.07, 6.45) is 0.857. The lowest BCUT2D eigenvalue weighted by molar-refractivity contribution is 0.0104. The highest BCUT2D eigenvalue weighted by molar-refractivity contribution is 4.94. The van der Waals surface area contributed by atoms with Crippen LogP contribution in [0.4, 0.5) is 0 Å². The monoisotopic (exact) mass is 157 g/mol. The highest BCUT2D eigenvalue weighted by atomic mass is 16.5. The van der Waals surface area contributed by atoms with Crippen molar-refractivity contribution < 1.29 is 4.74 Å². The second-order valence-electron chi connectivity index (χ2n) is 3.69. The fraction of sp³-hybridized carbons (Fsp3) is 0.778. The number of nitrogens with two attached hydrogens (primary N) is 1. The van der Waals surface area contributed by atoms with E-state index in [1.807, 2.05) is 20.8 Å². The van der Waals surface area contributed by atoms with Crippen molar-refractivity contribution in [2.45, 2.75) is 32.8 Å². The van der Waals surface area contributed by atoms with Crippen LogP contribution < -0.4 is 5.73 Å². The van der Waals surface area contributed by atoms with Crippen LogP contribution >= 0.6 is 0 Å². The summed E-state index contributed by atoms with van der Waals surface area (Å²) in [7, 11) is 0. The van der Waals surface area contributed by atoms with Crippen molar-refractivity contribution in [2.75, 3.05) is 13.2 Å². The second kappa shape index (κ2) is 4.52. The first-order valence-corrected chi connectivity index (χ1v) is 3.96. The van der Waals surface area contributed by atoms with E-state index < -0.39 is 0 Å². The third kappa shape index (κ3) is 7.56. The summed E-state index contributed by atoms with van der Waals surface area (Å²) in [5, 5.41) is 0. The molecule has 2 heteroatoms. The van der Waals surface area contributed by atoms with Gasteiger partial charge in [0, 0.05) is 0 Å². The van der Waals surface area contributed by atoms with E-state index in [0.29, 0.717) is 13.2 Å². The van der Waals surface area contributed by atoms with E-state index in [1.54, 1.807) is 0 Å². The SMILES string of the molecule is C=C(CCN)COC(C)(C)C. The molecule has 0 bridgehead atoms. The minimum atomic E-state index is -0.0719. The third-order valence-electron chi connectivity index (χ3n) is 1.21. The Morgan fingerprint density at radius 1 is 1.45 bits per heavy atom. The fourth-order valence-corrected chi connectivity index (χ4v) is 0.595. The van der Waals surface area contributed by atoms with Crippen LogP contribution in [0.25, 0.3) is 0 Å². The van der Waals surface area contributed by atoms with Gasteiger partial charge in [-0.2, -0.15) is 0 Å². The van der Waals surface area contributed by atoms with Gasteiger partial charge in [-0.1, -0.05) is 12.2 Å². The van der Waals surface area contributed by atoms with Crippen LogP contribution in [0.5, 0.6) is 0 Å². The van der Waals surface area contributed by atoms with Gasteiger partial charge in [-0.05, 0) is 33.7 Å². The van der Waals surface area contributed by atoms with Crippen molar-refractivity contribution in [3.8, 4) is 0 Å². The zero-order chi connectivity index (χ0) is 8.91. The topological polar surface area (TPSA) is 35.2 Å². The lowest BCUT2D eigenvalue weighted by Gasteiger charge is -2.20. The average molecular weight is 157 g/mol. The van der Waals surface area contributed by atoms with Gasteiger partial charge in [0.2, 0.25) is 0 Å². The molecule has 2 N–H and O–H groups in total. The van der Waals surface area contributed by atoms with E-state index in [2.05, 4.69) is 6.58 Å². The van der Waals surface area contributed by atoms with E-state index in [9.17, 15) is 0 Å². The molecule has 0 aromatic carbocycles. The minimum absolute atomic E-state index is 0.0719. The lowest BCUT2D eigenvalue weighted by atomic mass is 10.2. The maximum absolute atomic E-state index is 5.49. The molecular formula is C9H19NO. The Hall–Kier alpha value is -0.340. The largest absolute Gasteiger partial charge is 0.372 e. The molecule has 0 amide bonds. The zero-order valence-electron chi connectivity index (χ0n) is 7.81. The summed E-state index contributed by atoms with van der Waals surface area (Å²) in [5.41, 5.74) is 6.35. The molecule has 0 aliphatic rings. The minimum Gasteiger partial charge on any atom is -0.372 e. The number of hydrogen-bond donors (Lipinski definition) is 1. The average Bonchev–Trinajstić information content (AvgIpc) is 1.83. The van der Waals surface area contributed by atoms with Crippen molar-refractivity contribution >= 4 is 0 Å². The molecular weight excluding hydrogens is 138 g/mol. The Morgan fingerprint density at radius 3 is 2.36 bits per heavy atom. The summed E-state index contributed by atoms with van der Waals surface area (Å²) in [6, 6.07) is 0. The van der Waals surface area contributed by atoms with Gasteiger partial charge in [0.25, 0.3) is 0 Å². The maximum atomic E-state index is 5.49. The molecule has 0 saturated carbocycles. The van der Waals surface area contributed by atoms with Gasteiger partial charge in [0.1, 0.15) is 0 Å². The van der Waals surface area contributed by atoms with E-state index in [1.165, 1.54) is 0 Å². The van der Waals surface area contributed by atoms with E-state index in [4.69, 9.17) is 10.5 Å². The Kier molecular flexibility index (Phi) is 4.38. The molecule has 0 rings (SSSR count). The summed E-state index contributed by atoms with van der Waals surface area (Å²) in [6.45, 7) is 11.2. The Bertz CT molecular complexity index is 124. The van der Waals surface area contributed by atoms with Gasteiger partial charge in [-0.3, -0.25) is 0 Å². The maximum Gasteiger partial charge on any atom is 0.0681 e. The summed E-state index contributed by atoms with van der Waals surface area (Å²) < 4.78 is 5.49. The van der Waals surface area contributed by atoms with Crippen molar-refractivity contribution in [3.63, 3.8) is 0 Å². The van der Waals surface area contributed by atoms with E-state index in [-0.39, 0.29) is 5.60 Å². The predicted octanol–water partition coefficient (Wildman–Crippen LogP) is 1.71. The van der Waals surface area contributed by atoms with Crippen LogP contribution in [-0.4, -0.2) is 18.8 Å². The van der Waals surface area contributed by atoms with Crippen molar-refractivity contribution in [2.24, 2.45) is 5.73 Å². The zero-order valence-corrected chi connectivity index (χ0v) is 7.81. The van der Waals surface area contributed by atoms with Gasteiger partial charge in [0.15, 0.2) is 0 Å². The van der Waals surface area contributed by atoms with Crippen LogP contribution in [0.15, 0.2) is 12.2 Å². The normalized spacial score (nSPS) is 11.6. The van der Waals surface area contributed by atoms with Gasteiger partial charge >= 0.3 is 0 Å². The van der Waals surface area contributed by atoms with Crippen molar-refractivity contribution in [3.05, 3.63) is 12.2 Å². The summed E-state index contributed by atoms with van der Waals surface area (Å²) in [4.78, 5) is 0. The van der Waals surface area contributed by atoms with Gasteiger partial charge in [0.05, 0.1) is 12.2 Å². The first kappa shape index (κ1) is 10.7. The Balaban J connectivity index is 3.46. The third-order valence-corrected chi connectivity index (χ3v) is 1.21. The van der Waals surface area contributed by atoms with E-state index in [0.717, 1.165) is 12.0 Å². The smallest absolute Gasteiger partial charge is 0.0681 e. The summed E-state index contributed by atoms with van der Waals surface area (Å²) >= 11 is 0. The molecule has 0 spiro atoms. The van der Waals surface area contributed by atoms with Gasteiger partial charge in [-0.25, -0.2) is 0 Å². The molecule has 2 nitrogen and oxygen atoms in total.